The van der Waals surface area contributed by atoms with Crippen molar-refractivity contribution in [3.8, 4) is 11.5 Å². The fraction of sp³-hybridized carbons (Fsp3) is 0.412. The number of hydrogen-bond donors (Lipinski definition) is 2. The zero-order valence-electron chi connectivity index (χ0n) is 15.2. The molecule has 0 radical (unpaired) electrons. The number of unbranched alkanes of at least 4 members (excludes halogenated alkanes) is 2. The Kier molecular flexibility index (Phi) is 7.02. The van der Waals surface area contributed by atoms with Crippen LogP contribution in [-0.2, 0) is 10.0 Å². The lowest BCUT2D eigenvalue weighted by molar-refractivity contribution is 0.392. The summed E-state index contributed by atoms with van der Waals surface area (Å²) < 4.78 is 37.9. The number of nitrogens with one attached hydrogen (secondary N) is 2. The van der Waals surface area contributed by atoms with E-state index in [0.29, 0.717) is 11.6 Å². The highest BCUT2D eigenvalue weighted by Gasteiger charge is 2.21. The van der Waals surface area contributed by atoms with Gasteiger partial charge in [-0.25, -0.2) is 8.42 Å². The van der Waals surface area contributed by atoms with Crippen molar-refractivity contribution < 1.29 is 17.9 Å². The molecule has 0 fully saturated rings. The van der Waals surface area contributed by atoms with Crippen LogP contribution in [0.15, 0.2) is 35.2 Å². The van der Waals surface area contributed by atoms with Crippen LogP contribution >= 0.6 is 0 Å². The molecule has 0 atom stereocenters. The zero-order valence-corrected chi connectivity index (χ0v) is 16.0. The number of nitrogens with zero attached hydrogens (tertiary/aromatic N) is 2. The van der Waals surface area contributed by atoms with Crippen molar-refractivity contribution >= 4 is 21.7 Å². The number of benzene rings is 1. The van der Waals surface area contributed by atoms with Gasteiger partial charge in [0.05, 0.1) is 14.2 Å². The first-order valence-electron chi connectivity index (χ1n) is 8.32. The topological polar surface area (TPSA) is 102 Å². The SMILES string of the molecule is CCCCCNc1ccc(NS(=O)(=O)c2cc(OC)ccc2OC)nn1. The van der Waals surface area contributed by atoms with E-state index in [9.17, 15) is 8.42 Å². The van der Waals surface area contributed by atoms with Crippen molar-refractivity contribution in [3.05, 3.63) is 30.3 Å². The van der Waals surface area contributed by atoms with Gasteiger partial charge >= 0.3 is 0 Å². The van der Waals surface area contributed by atoms with Crippen LogP contribution in [0.3, 0.4) is 0 Å². The molecule has 0 aliphatic carbocycles. The Hall–Kier alpha value is -2.55. The first kappa shape index (κ1) is 19.8. The second kappa shape index (κ2) is 9.23. The van der Waals surface area contributed by atoms with E-state index in [1.54, 1.807) is 18.2 Å². The monoisotopic (exact) mass is 380 g/mol. The molecular formula is C17H24N4O4S. The fourth-order valence-corrected chi connectivity index (χ4v) is 3.44. The van der Waals surface area contributed by atoms with Gasteiger partial charge in [0.2, 0.25) is 0 Å². The number of hydrogen-bond acceptors (Lipinski definition) is 7. The van der Waals surface area contributed by atoms with E-state index in [0.717, 1.165) is 25.8 Å². The largest absolute Gasteiger partial charge is 0.497 e. The highest BCUT2D eigenvalue weighted by molar-refractivity contribution is 7.92. The van der Waals surface area contributed by atoms with E-state index >= 15 is 0 Å². The summed E-state index contributed by atoms with van der Waals surface area (Å²) >= 11 is 0. The summed E-state index contributed by atoms with van der Waals surface area (Å²) in [4.78, 5) is -0.0390. The Morgan fingerprint density at radius 3 is 2.35 bits per heavy atom. The maximum atomic E-state index is 12.6. The molecule has 2 N–H and O–H groups in total. The number of aromatic nitrogens is 2. The normalized spacial score (nSPS) is 11.0. The third kappa shape index (κ3) is 5.22. The number of anilines is 2. The molecule has 0 amide bonds. The highest BCUT2D eigenvalue weighted by Crippen LogP contribution is 2.29. The fourth-order valence-electron chi connectivity index (χ4n) is 2.26. The Bertz CT molecular complexity index is 810. The molecule has 8 nitrogen and oxygen atoms in total. The molecule has 142 valence electrons. The van der Waals surface area contributed by atoms with Crippen LogP contribution in [-0.4, -0.2) is 39.4 Å². The average Bonchev–Trinajstić information content (AvgIpc) is 2.65. The number of ether oxygens (including phenoxy) is 2. The quantitative estimate of drug-likeness (QED) is 0.611. The predicted octanol–water partition coefficient (Wildman–Crippen LogP) is 2.90. The van der Waals surface area contributed by atoms with Crippen molar-refractivity contribution in [1.82, 2.24) is 10.2 Å². The van der Waals surface area contributed by atoms with Crippen molar-refractivity contribution in [3.63, 3.8) is 0 Å². The predicted molar refractivity (Wildman–Crippen MR) is 100 cm³/mol. The lowest BCUT2D eigenvalue weighted by Gasteiger charge is -2.12. The van der Waals surface area contributed by atoms with Gasteiger partial charge in [-0.3, -0.25) is 4.72 Å². The zero-order chi connectivity index (χ0) is 19.0. The Balaban J connectivity index is 2.12. The summed E-state index contributed by atoms with van der Waals surface area (Å²) in [5.41, 5.74) is 0. The van der Waals surface area contributed by atoms with Crippen LogP contribution in [0.1, 0.15) is 26.2 Å². The van der Waals surface area contributed by atoms with E-state index in [1.807, 2.05) is 0 Å². The van der Waals surface area contributed by atoms with Crippen molar-refractivity contribution in [2.45, 2.75) is 31.1 Å². The maximum absolute atomic E-state index is 12.6. The van der Waals surface area contributed by atoms with Crippen LogP contribution in [0.4, 0.5) is 11.6 Å². The van der Waals surface area contributed by atoms with E-state index in [4.69, 9.17) is 9.47 Å². The van der Waals surface area contributed by atoms with Gasteiger partial charge in [-0.05, 0) is 30.7 Å². The number of rotatable bonds is 10. The van der Waals surface area contributed by atoms with Gasteiger partial charge in [0, 0.05) is 12.6 Å². The van der Waals surface area contributed by atoms with Crippen LogP contribution < -0.4 is 19.5 Å². The molecule has 0 aliphatic rings. The van der Waals surface area contributed by atoms with E-state index in [2.05, 4.69) is 27.2 Å². The Labute approximate surface area is 154 Å². The molecule has 0 aliphatic heterocycles. The summed E-state index contributed by atoms with van der Waals surface area (Å²) in [7, 11) is -1.04. The van der Waals surface area contributed by atoms with Crippen LogP contribution in [0, 0.1) is 0 Å². The van der Waals surface area contributed by atoms with E-state index < -0.39 is 10.0 Å². The Morgan fingerprint density at radius 2 is 1.73 bits per heavy atom. The molecule has 0 spiro atoms. The van der Waals surface area contributed by atoms with Gasteiger partial charge in [-0.2, -0.15) is 0 Å². The lowest BCUT2D eigenvalue weighted by atomic mass is 10.2. The van der Waals surface area contributed by atoms with Gasteiger partial charge in [-0.1, -0.05) is 19.8 Å². The van der Waals surface area contributed by atoms with Crippen molar-refractivity contribution in [2.75, 3.05) is 30.8 Å². The van der Waals surface area contributed by atoms with Gasteiger partial charge in [0.15, 0.2) is 5.82 Å². The molecule has 0 saturated heterocycles. The molecule has 0 unspecified atom stereocenters. The van der Waals surface area contributed by atoms with E-state index in [-0.39, 0.29) is 16.5 Å². The summed E-state index contributed by atoms with van der Waals surface area (Å²) in [5, 5.41) is 11.0. The second-order valence-corrected chi connectivity index (χ2v) is 7.21. The number of methoxy groups -OCH3 is 2. The maximum Gasteiger partial charge on any atom is 0.266 e. The summed E-state index contributed by atoms with van der Waals surface area (Å²) in [6.07, 6.45) is 3.32. The molecule has 0 bridgehead atoms. The van der Waals surface area contributed by atoms with Crippen LogP contribution in [0.25, 0.3) is 0 Å². The molecule has 9 heteroatoms. The standard InChI is InChI=1S/C17H24N4O4S/c1-4-5-6-11-18-16-9-10-17(20-19-16)21-26(22,23)15-12-13(24-2)7-8-14(15)25-3/h7-10,12H,4-6,11H2,1-3H3,(H,18,19)(H,20,21). The van der Waals surface area contributed by atoms with Crippen molar-refractivity contribution in [1.29, 1.82) is 0 Å². The summed E-state index contributed by atoms with van der Waals surface area (Å²) in [6, 6.07) is 7.77. The molecule has 2 aromatic rings. The Morgan fingerprint density at radius 1 is 1.00 bits per heavy atom. The first-order chi connectivity index (χ1) is 12.5. The van der Waals surface area contributed by atoms with Crippen molar-refractivity contribution in [2.24, 2.45) is 0 Å². The van der Waals surface area contributed by atoms with E-state index in [1.165, 1.54) is 26.4 Å². The minimum Gasteiger partial charge on any atom is -0.497 e. The van der Waals surface area contributed by atoms with Crippen LogP contribution in [0.2, 0.25) is 0 Å². The third-order valence-corrected chi connectivity index (χ3v) is 5.03. The second-order valence-electron chi connectivity index (χ2n) is 5.56. The summed E-state index contributed by atoms with van der Waals surface area (Å²) in [6.45, 7) is 2.94. The smallest absolute Gasteiger partial charge is 0.266 e. The molecule has 0 saturated carbocycles. The van der Waals surface area contributed by atoms with Gasteiger partial charge in [0.1, 0.15) is 22.2 Å². The minimum atomic E-state index is -3.90. The summed E-state index contributed by atoms with van der Waals surface area (Å²) in [5.74, 6) is 1.33. The number of sulfonamides is 1. The molecule has 2 rings (SSSR count). The average molecular weight is 380 g/mol. The minimum absolute atomic E-state index is 0.0390. The third-order valence-electron chi connectivity index (χ3n) is 3.65. The highest BCUT2D eigenvalue weighted by atomic mass is 32.2. The molecule has 1 aromatic carbocycles. The molecular weight excluding hydrogens is 356 g/mol. The van der Waals surface area contributed by atoms with Gasteiger partial charge in [0.25, 0.3) is 10.0 Å². The molecule has 1 heterocycles. The first-order valence-corrected chi connectivity index (χ1v) is 9.81. The van der Waals surface area contributed by atoms with Crippen LogP contribution in [0.5, 0.6) is 11.5 Å². The molecule has 26 heavy (non-hydrogen) atoms. The molecule has 1 aromatic heterocycles. The van der Waals surface area contributed by atoms with Gasteiger partial charge in [-0.15, -0.1) is 10.2 Å². The lowest BCUT2D eigenvalue weighted by Crippen LogP contribution is -2.16. The van der Waals surface area contributed by atoms with Gasteiger partial charge < -0.3 is 14.8 Å².